The summed E-state index contributed by atoms with van der Waals surface area (Å²) in [6.07, 6.45) is -0.719. The Morgan fingerprint density at radius 2 is 1.85 bits per heavy atom. The summed E-state index contributed by atoms with van der Waals surface area (Å²) in [5.74, 6) is 0.159. The second-order valence-corrected chi connectivity index (χ2v) is 6.99. The molecule has 1 aliphatic rings. The number of hydrogen-bond donors (Lipinski definition) is 6. The number of amides is 2. The number of aliphatic hydroxyl groups is 3. The molecule has 2 amide bonds. The maximum Gasteiger partial charge on any atom is 0.220 e. The van der Waals surface area contributed by atoms with E-state index in [9.17, 15) is 24.9 Å². The molecule has 3 unspecified atom stereocenters. The molecule has 0 aliphatic carbocycles. The minimum atomic E-state index is -1.32. The Labute approximate surface area is 165 Å². The molecule has 9 nitrogen and oxygen atoms in total. The summed E-state index contributed by atoms with van der Waals surface area (Å²) < 4.78 is 11.1. The number of thiol groups is 1. The Hall–Kier alpha value is -0.910. The van der Waals surface area contributed by atoms with Crippen LogP contribution in [-0.4, -0.2) is 83.3 Å². The van der Waals surface area contributed by atoms with Crippen LogP contribution >= 0.6 is 12.6 Å². The number of rotatable bonds is 12. The standard InChI is InChI=1S/C17H32N2O7S/c1-11(21)19-14-16(24)15(23)12(10-20)26-17(14)25-8-5-3-2-4-7-18-13(22)6-9-27/h12,14-17,20,23-24,27H,2-10H2,1H3,(H,18,22)(H,19,21)/t12?,14?,15-,16?,17-/m1/s1. The molecule has 0 bridgehead atoms. The summed E-state index contributed by atoms with van der Waals surface area (Å²) in [6.45, 7) is 1.80. The average Bonchev–Trinajstić information content (AvgIpc) is 2.62. The van der Waals surface area contributed by atoms with Gasteiger partial charge in [0.2, 0.25) is 11.8 Å². The van der Waals surface area contributed by atoms with Crippen molar-refractivity contribution >= 4 is 24.4 Å². The normalized spacial score (nSPS) is 28.0. The minimum absolute atomic E-state index is 0.00553. The van der Waals surface area contributed by atoms with Crippen LogP contribution in [0.1, 0.15) is 39.0 Å². The number of hydrogen-bond acceptors (Lipinski definition) is 8. The van der Waals surface area contributed by atoms with Crippen LogP contribution in [0.3, 0.4) is 0 Å². The second-order valence-electron chi connectivity index (χ2n) is 6.54. The molecule has 1 rings (SSSR count). The van der Waals surface area contributed by atoms with E-state index < -0.39 is 37.3 Å². The van der Waals surface area contributed by atoms with Crippen molar-refractivity contribution in [1.29, 1.82) is 0 Å². The third-order valence-corrected chi connectivity index (χ3v) is 4.49. The number of carbonyl (C=O) groups is 2. The first-order valence-electron chi connectivity index (χ1n) is 9.29. The fourth-order valence-electron chi connectivity index (χ4n) is 2.81. The zero-order valence-electron chi connectivity index (χ0n) is 15.7. The van der Waals surface area contributed by atoms with Crippen molar-refractivity contribution in [3.8, 4) is 0 Å². The van der Waals surface area contributed by atoms with E-state index in [-0.39, 0.29) is 11.8 Å². The fraction of sp³-hybridized carbons (Fsp3) is 0.882. The molecule has 1 aliphatic heterocycles. The van der Waals surface area contributed by atoms with E-state index in [2.05, 4.69) is 23.3 Å². The highest BCUT2D eigenvalue weighted by atomic mass is 32.1. The summed E-state index contributed by atoms with van der Waals surface area (Å²) in [5.41, 5.74) is 0. The van der Waals surface area contributed by atoms with Crippen molar-refractivity contribution < 1.29 is 34.4 Å². The number of ether oxygens (including phenoxy) is 2. The Morgan fingerprint density at radius 1 is 1.15 bits per heavy atom. The molecule has 0 spiro atoms. The molecular formula is C17H32N2O7S. The SMILES string of the molecule is CC(=O)NC1C(O)[C@H](O)C(CO)O[C@H]1OCCCCCCNC(=O)CCS. The zero-order chi connectivity index (χ0) is 20.2. The average molecular weight is 409 g/mol. The first-order chi connectivity index (χ1) is 12.9. The monoisotopic (exact) mass is 408 g/mol. The quantitative estimate of drug-likeness (QED) is 0.179. The van der Waals surface area contributed by atoms with E-state index in [1.54, 1.807) is 0 Å². The Morgan fingerprint density at radius 3 is 2.48 bits per heavy atom. The molecular weight excluding hydrogens is 376 g/mol. The van der Waals surface area contributed by atoms with Crippen LogP contribution in [0.15, 0.2) is 0 Å². The van der Waals surface area contributed by atoms with Gasteiger partial charge in [0.05, 0.1) is 6.61 Å². The molecule has 10 heteroatoms. The van der Waals surface area contributed by atoms with Crippen molar-refractivity contribution in [2.45, 2.75) is 69.7 Å². The third kappa shape index (κ3) is 8.75. The zero-order valence-corrected chi connectivity index (χ0v) is 16.6. The topological polar surface area (TPSA) is 137 Å². The van der Waals surface area contributed by atoms with Crippen LogP contribution < -0.4 is 10.6 Å². The largest absolute Gasteiger partial charge is 0.394 e. The lowest BCUT2D eigenvalue weighted by Gasteiger charge is -2.42. The van der Waals surface area contributed by atoms with E-state index in [0.29, 0.717) is 25.3 Å². The van der Waals surface area contributed by atoms with Crippen molar-refractivity contribution in [2.75, 3.05) is 25.5 Å². The Balaban J connectivity index is 2.29. The van der Waals surface area contributed by atoms with E-state index in [1.165, 1.54) is 6.92 Å². The lowest BCUT2D eigenvalue weighted by Crippen LogP contribution is -2.64. The van der Waals surface area contributed by atoms with E-state index in [1.807, 2.05) is 0 Å². The molecule has 1 heterocycles. The van der Waals surface area contributed by atoms with Gasteiger partial charge in [-0.3, -0.25) is 9.59 Å². The van der Waals surface area contributed by atoms with E-state index in [4.69, 9.17) is 9.47 Å². The van der Waals surface area contributed by atoms with E-state index in [0.717, 1.165) is 25.7 Å². The van der Waals surface area contributed by atoms with Crippen molar-refractivity contribution in [3.63, 3.8) is 0 Å². The van der Waals surface area contributed by atoms with Crippen LogP contribution in [0.25, 0.3) is 0 Å². The second kappa shape index (κ2) is 13.3. The molecule has 27 heavy (non-hydrogen) atoms. The smallest absolute Gasteiger partial charge is 0.220 e. The molecule has 0 saturated carbocycles. The first kappa shape index (κ1) is 24.1. The van der Waals surface area contributed by atoms with Gasteiger partial charge in [-0.05, 0) is 18.6 Å². The summed E-state index contributed by atoms with van der Waals surface area (Å²) >= 11 is 4.00. The summed E-state index contributed by atoms with van der Waals surface area (Å²) in [5, 5.41) is 34.7. The van der Waals surface area contributed by atoms with Gasteiger partial charge in [0, 0.05) is 26.5 Å². The maximum atomic E-state index is 11.3. The van der Waals surface area contributed by atoms with Crippen molar-refractivity contribution in [3.05, 3.63) is 0 Å². The van der Waals surface area contributed by atoms with Crippen LogP contribution in [0.2, 0.25) is 0 Å². The highest BCUT2D eigenvalue weighted by Gasteiger charge is 2.45. The van der Waals surface area contributed by atoms with Gasteiger partial charge in [0.25, 0.3) is 0 Å². The third-order valence-electron chi connectivity index (χ3n) is 4.27. The molecule has 5 N–H and O–H groups in total. The minimum Gasteiger partial charge on any atom is -0.394 e. The van der Waals surface area contributed by atoms with Gasteiger partial charge in [-0.15, -0.1) is 0 Å². The van der Waals surface area contributed by atoms with Crippen LogP contribution in [0.5, 0.6) is 0 Å². The molecule has 0 aromatic rings. The summed E-state index contributed by atoms with van der Waals surface area (Å²) in [4.78, 5) is 22.6. The van der Waals surface area contributed by atoms with Gasteiger partial charge >= 0.3 is 0 Å². The highest BCUT2D eigenvalue weighted by Crippen LogP contribution is 2.22. The van der Waals surface area contributed by atoms with Gasteiger partial charge < -0.3 is 35.4 Å². The maximum absolute atomic E-state index is 11.3. The van der Waals surface area contributed by atoms with Crippen molar-refractivity contribution in [2.24, 2.45) is 0 Å². The van der Waals surface area contributed by atoms with Crippen LogP contribution in [0, 0.1) is 0 Å². The van der Waals surface area contributed by atoms with E-state index >= 15 is 0 Å². The number of unbranched alkanes of at least 4 members (excludes halogenated alkanes) is 3. The van der Waals surface area contributed by atoms with Crippen LogP contribution in [0.4, 0.5) is 0 Å². The molecule has 158 valence electrons. The number of carbonyl (C=O) groups excluding carboxylic acids is 2. The first-order valence-corrected chi connectivity index (χ1v) is 9.92. The Bertz CT molecular complexity index is 455. The predicted molar refractivity (Wildman–Crippen MR) is 101 cm³/mol. The molecule has 1 saturated heterocycles. The van der Waals surface area contributed by atoms with Gasteiger partial charge in [-0.25, -0.2) is 0 Å². The van der Waals surface area contributed by atoms with Gasteiger partial charge in [0.1, 0.15) is 24.4 Å². The van der Waals surface area contributed by atoms with Crippen LogP contribution in [-0.2, 0) is 19.1 Å². The molecule has 5 atom stereocenters. The summed E-state index contributed by atoms with van der Waals surface area (Å²) in [6, 6.07) is -0.914. The van der Waals surface area contributed by atoms with Gasteiger partial charge in [-0.2, -0.15) is 12.6 Å². The fourth-order valence-corrected chi connectivity index (χ4v) is 3.01. The lowest BCUT2D eigenvalue weighted by molar-refractivity contribution is -0.270. The lowest BCUT2D eigenvalue weighted by atomic mass is 9.97. The van der Waals surface area contributed by atoms with Crippen molar-refractivity contribution in [1.82, 2.24) is 10.6 Å². The molecule has 0 aromatic heterocycles. The Kier molecular flexibility index (Phi) is 11.9. The number of aliphatic hydroxyl groups excluding tert-OH is 3. The summed E-state index contributed by atoms with van der Waals surface area (Å²) in [7, 11) is 0. The number of nitrogens with one attached hydrogen (secondary N) is 2. The molecule has 1 fully saturated rings. The van der Waals surface area contributed by atoms with Gasteiger partial charge in [0.15, 0.2) is 6.29 Å². The highest BCUT2D eigenvalue weighted by molar-refractivity contribution is 7.80. The van der Waals surface area contributed by atoms with Gasteiger partial charge in [-0.1, -0.05) is 12.8 Å². The predicted octanol–water partition coefficient (Wildman–Crippen LogP) is -1.06. The molecule has 0 aromatic carbocycles. The molecule has 0 radical (unpaired) electrons.